The van der Waals surface area contributed by atoms with E-state index in [0.717, 1.165) is 35.8 Å². The third-order valence-electron chi connectivity index (χ3n) is 10.4. The van der Waals surface area contributed by atoms with Gasteiger partial charge in [0.1, 0.15) is 0 Å². The molecule has 1 saturated heterocycles. The highest BCUT2D eigenvalue weighted by atomic mass is 15.2. The predicted octanol–water partition coefficient (Wildman–Crippen LogP) is 4.81. The van der Waals surface area contributed by atoms with E-state index in [-0.39, 0.29) is 0 Å². The Bertz CT molecular complexity index is 609. The van der Waals surface area contributed by atoms with Gasteiger partial charge in [-0.2, -0.15) is 0 Å². The van der Waals surface area contributed by atoms with Gasteiger partial charge < -0.3 is 9.80 Å². The lowest BCUT2D eigenvalue weighted by Gasteiger charge is -2.58. The molecule has 0 radical (unpaired) electrons. The van der Waals surface area contributed by atoms with E-state index < -0.39 is 0 Å². The van der Waals surface area contributed by atoms with Crippen molar-refractivity contribution < 1.29 is 0 Å². The van der Waals surface area contributed by atoms with Crippen molar-refractivity contribution in [3.8, 4) is 0 Å². The molecule has 2 nitrogen and oxygen atoms in total. The smallest absolute Gasteiger partial charge is 0.0127 e. The van der Waals surface area contributed by atoms with E-state index in [4.69, 9.17) is 0 Å². The fourth-order valence-corrected chi connectivity index (χ4v) is 8.88. The summed E-state index contributed by atoms with van der Waals surface area (Å²) < 4.78 is 0. The van der Waals surface area contributed by atoms with Gasteiger partial charge in [0.25, 0.3) is 0 Å². The van der Waals surface area contributed by atoms with Crippen LogP contribution in [0.1, 0.15) is 65.2 Å². The first kappa shape index (κ1) is 17.7. The highest BCUT2D eigenvalue weighted by molar-refractivity contribution is 5.26. The molecular weight excluding hydrogens is 316 g/mol. The molecule has 4 aliphatic carbocycles. The molecule has 1 spiro atoms. The summed E-state index contributed by atoms with van der Waals surface area (Å²) in [4.78, 5) is 5.17. The molecule has 146 valence electrons. The van der Waals surface area contributed by atoms with Crippen LogP contribution in [-0.2, 0) is 0 Å². The van der Waals surface area contributed by atoms with Crippen LogP contribution >= 0.6 is 0 Å². The average molecular weight is 357 g/mol. The van der Waals surface area contributed by atoms with Crippen LogP contribution < -0.4 is 0 Å². The van der Waals surface area contributed by atoms with Crippen LogP contribution in [0.4, 0.5) is 0 Å². The number of rotatable bonds is 1. The second kappa shape index (κ2) is 5.83. The van der Waals surface area contributed by atoms with Crippen LogP contribution in [-0.4, -0.2) is 49.6 Å². The van der Waals surface area contributed by atoms with E-state index in [2.05, 4.69) is 50.9 Å². The Morgan fingerprint density at radius 2 is 1.81 bits per heavy atom. The highest BCUT2D eigenvalue weighted by Crippen LogP contribution is 2.68. The molecule has 5 rings (SSSR count). The summed E-state index contributed by atoms with van der Waals surface area (Å²) in [7, 11) is 6.95. The molecule has 0 N–H and O–H groups in total. The maximum Gasteiger partial charge on any atom is 0.0127 e. The lowest BCUT2D eigenvalue weighted by molar-refractivity contribution is -0.0430. The first-order valence-electron chi connectivity index (χ1n) is 11.4. The Hall–Kier alpha value is -0.340. The molecule has 5 aliphatic rings. The van der Waals surface area contributed by atoms with Crippen LogP contribution in [0.3, 0.4) is 0 Å². The summed E-state index contributed by atoms with van der Waals surface area (Å²) in [5.41, 5.74) is 3.04. The highest BCUT2D eigenvalue weighted by Gasteiger charge is 2.63. The molecule has 1 heterocycles. The summed E-state index contributed by atoms with van der Waals surface area (Å²) in [6, 6.07) is 1.60. The number of hydrogen-bond acceptors (Lipinski definition) is 2. The van der Waals surface area contributed by atoms with Crippen molar-refractivity contribution in [3.05, 3.63) is 11.6 Å². The Balaban J connectivity index is 1.45. The lowest BCUT2D eigenvalue weighted by Crippen LogP contribution is -2.52. The first-order chi connectivity index (χ1) is 12.4. The standard InChI is InChI=1S/C24H40N2/c1-16-20-8-9-22-19-7-6-17-14-18(25(3)4)10-12-23(17,2)21(19)11-13-24(20,22)15-26(16)5/h6,16,18-22H,7-15H2,1-5H3/t16-,18-,19-,20-,21+,22+,23+,24+/m1/s1. The maximum absolute atomic E-state index is 2.74. The minimum Gasteiger partial charge on any atom is -0.306 e. The van der Waals surface area contributed by atoms with Crippen molar-refractivity contribution in [2.75, 3.05) is 27.7 Å². The normalized spacial score (nSPS) is 53.7. The molecule has 0 aromatic rings. The molecule has 0 unspecified atom stereocenters. The quantitative estimate of drug-likeness (QED) is 0.622. The number of allylic oxidation sites excluding steroid dienone is 1. The van der Waals surface area contributed by atoms with Crippen LogP contribution in [0, 0.1) is 34.5 Å². The molecule has 8 atom stereocenters. The van der Waals surface area contributed by atoms with E-state index in [1.807, 2.05) is 5.57 Å². The summed E-state index contributed by atoms with van der Waals surface area (Å²) in [5.74, 6) is 3.96. The zero-order valence-corrected chi connectivity index (χ0v) is 17.8. The molecule has 0 aromatic carbocycles. The van der Waals surface area contributed by atoms with E-state index in [0.29, 0.717) is 10.8 Å². The van der Waals surface area contributed by atoms with Crippen LogP contribution in [0.5, 0.6) is 0 Å². The zero-order valence-electron chi connectivity index (χ0n) is 17.8. The third-order valence-corrected chi connectivity index (χ3v) is 10.4. The van der Waals surface area contributed by atoms with Crippen molar-refractivity contribution in [2.45, 2.75) is 77.3 Å². The Kier molecular flexibility index (Phi) is 3.98. The molecule has 0 aromatic heterocycles. The zero-order chi connectivity index (χ0) is 18.3. The summed E-state index contributed by atoms with van der Waals surface area (Å²) in [6.45, 7) is 6.56. The third kappa shape index (κ3) is 2.18. The largest absolute Gasteiger partial charge is 0.306 e. The van der Waals surface area contributed by atoms with Gasteiger partial charge in [0, 0.05) is 18.6 Å². The van der Waals surface area contributed by atoms with Crippen LogP contribution in [0.15, 0.2) is 11.6 Å². The molecule has 4 fully saturated rings. The van der Waals surface area contributed by atoms with Gasteiger partial charge in [-0.1, -0.05) is 18.6 Å². The van der Waals surface area contributed by atoms with Crippen molar-refractivity contribution in [1.29, 1.82) is 0 Å². The molecule has 1 aliphatic heterocycles. The van der Waals surface area contributed by atoms with Crippen molar-refractivity contribution >= 4 is 0 Å². The predicted molar refractivity (Wildman–Crippen MR) is 109 cm³/mol. The minimum atomic E-state index is 0.519. The fraction of sp³-hybridized carbons (Fsp3) is 0.917. The van der Waals surface area contributed by atoms with Gasteiger partial charge >= 0.3 is 0 Å². The van der Waals surface area contributed by atoms with Crippen molar-refractivity contribution in [1.82, 2.24) is 9.80 Å². The van der Waals surface area contributed by atoms with E-state index in [1.165, 1.54) is 57.9 Å². The summed E-state index contributed by atoms with van der Waals surface area (Å²) >= 11 is 0. The van der Waals surface area contributed by atoms with Gasteiger partial charge in [0.2, 0.25) is 0 Å². The van der Waals surface area contributed by atoms with Gasteiger partial charge in [-0.25, -0.2) is 0 Å². The molecule has 26 heavy (non-hydrogen) atoms. The number of hydrogen-bond donors (Lipinski definition) is 0. The average Bonchev–Trinajstić information content (AvgIpc) is 3.08. The fourth-order valence-electron chi connectivity index (χ4n) is 8.88. The molecule has 2 heteroatoms. The summed E-state index contributed by atoms with van der Waals surface area (Å²) in [5, 5.41) is 0. The minimum absolute atomic E-state index is 0.519. The molecule has 3 saturated carbocycles. The Morgan fingerprint density at radius 1 is 1.04 bits per heavy atom. The second-order valence-electron chi connectivity index (χ2n) is 11.2. The van der Waals surface area contributed by atoms with Gasteiger partial charge in [-0.3, -0.25) is 0 Å². The molecular formula is C24H40N2. The van der Waals surface area contributed by atoms with Crippen LogP contribution in [0.25, 0.3) is 0 Å². The van der Waals surface area contributed by atoms with Gasteiger partial charge in [-0.05, 0) is 114 Å². The lowest BCUT2D eigenvalue weighted by atomic mass is 9.47. The monoisotopic (exact) mass is 356 g/mol. The van der Waals surface area contributed by atoms with Crippen molar-refractivity contribution in [3.63, 3.8) is 0 Å². The Labute approximate surface area is 161 Å². The van der Waals surface area contributed by atoms with E-state index >= 15 is 0 Å². The number of likely N-dealkylation sites (tertiary alicyclic amines) is 1. The van der Waals surface area contributed by atoms with E-state index in [1.54, 1.807) is 0 Å². The van der Waals surface area contributed by atoms with Gasteiger partial charge in [0.15, 0.2) is 0 Å². The maximum atomic E-state index is 2.74. The van der Waals surface area contributed by atoms with Gasteiger partial charge in [0.05, 0.1) is 0 Å². The van der Waals surface area contributed by atoms with Gasteiger partial charge in [-0.15, -0.1) is 0 Å². The number of fused-ring (bicyclic) bond motifs is 4. The van der Waals surface area contributed by atoms with Crippen molar-refractivity contribution in [2.24, 2.45) is 34.5 Å². The first-order valence-corrected chi connectivity index (χ1v) is 11.4. The number of nitrogens with zero attached hydrogens (tertiary/aromatic N) is 2. The van der Waals surface area contributed by atoms with E-state index in [9.17, 15) is 0 Å². The van der Waals surface area contributed by atoms with Crippen LogP contribution in [0.2, 0.25) is 0 Å². The SMILES string of the molecule is C[C@@H]1[C@H]2CC[C@H]3[C@@H]4CC=C5C[C@H](N(C)C)CC[C@]5(C)[C@H]4CC[C@]23CN1C. The Morgan fingerprint density at radius 3 is 2.58 bits per heavy atom. The molecule has 0 bridgehead atoms. The molecule has 0 amide bonds. The topological polar surface area (TPSA) is 6.48 Å². The summed E-state index contributed by atoms with van der Waals surface area (Å²) in [6.07, 6.45) is 14.4. The second-order valence-corrected chi connectivity index (χ2v) is 11.2.